The van der Waals surface area contributed by atoms with Crippen molar-refractivity contribution in [1.82, 2.24) is 10.3 Å². The average molecular weight is 403 g/mol. The molecule has 4 nitrogen and oxygen atoms in total. The number of carbonyl (C=O) groups is 1. The molecule has 1 saturated carbocycles. The van der Waals surface area contributed by atoms with Crippen LogP contribution in [0.1, 0.15) is 29.0 Å². The summed E-state index contributed by atoms with van der Waals surface area (Å²) in [6.45, 7) is 0.470. The first-order chi connectivity index (χ1) is 15.2. The van der Waals surface area contributed by atoms with E-state index < -0.39 is 0 Å². The molecular formula is C27H21N3O. The van der Waals surface area contributed by atoms with Gasteiger partial charge in [0.15, 0.2) is 0 Å². The van der Waals surface area contributed by atoms with E-state index in [0.717, 1.165) is 33.9 Å². The van der Waals surface area contributed by atoms with Crippen molar-refractivity contribution >= 4 is 16.7 Å². The molecule has 0 aliphatic heterocycles. The maximum absolute atomic E-state index is 12.7. The van der Waals surface area contributed by atoms with Gasteiger partial charge in [-0.3, -0.25) is 9.78 Å². The minimum absolute atomic E-state index is 0.0554. The summed E-state index contributed by atoms with van der Waals surface area (Å²) in [6, 6.07) is 26.1. The fourth-order valence-corrected chi connectivity index (χ4v) is 4.28. The highest BCUT2D eigenvalue weighted by Gasteiger charge is 2.43. The zero-order valence-corrected chi connectivity index (χ0v) is 17.0. The van der Waals surface area contributed by atoms with E-state index in [0.29, 0.717) is 18.0 Å². The molecule has 1 aliphatic carbocycles. The number of nitrogens with one attached hydrogen (secondary N) is 1. The van der Waals surface area contributed by atoms with Crippen molar-refractivity contribution in [3.8, 4) is 17.2 Å². The highest BCUT2D eigenvalue weighted by Crippen LogP contribution is 2.47. The molecule has 0 bridgehead atoms. The Balaban J connectivity index is 1.37. The van der Waals surface area contributed by atoms with E-state index in [1.807, 2.05) is 54.7 Å². The summed E-state index contributed by atoms with van der Waals surface area (Å²) in [6.07, 6.45) is 4.53. The second kappa shape index (κ2) is 8.04. The molecule has 150 valence electrons. The number of hydrogen-bond acceptors (Lipinski definition) is 3. The van der Waals surface area contributed by atoms with Crippen LogP contribution in [-0.4, -0.2) is 10.9 Å². The van der Waals surface area contributed by atoms with Crippen LogP contribution in [0.5, 0.6) is 0 Å². The van der Waals surface area contributed by atoms with Crippen molar-refractivity contribution in [2.45, 2.75) is 18.9 Å². The smallest absolute Gasteiger partial charge is 0.224 e. The maximum atomic E-state index is 12.7. The summed E-state index contributed by atoms with van der Waals surface area (Å²) < 4.78 is 0. The highest BCUT2D eigenvalue weighted by molar-refractivity contribution is 5.98. The number of nitriles is 1. The van der Waals surface area contributed by atoms with Crippen molar-refractivity contribution < 1.29 is 4.79 Å². The Bertz CT molecular complexity index is 1310. The normalized spacial score (nSPS) is 17.1. The van der Waals surface area contributed by atoms with Gasteiger partial charge in [-0.2, -0.15) is 5.26 Å². The number of nitrogens with zero attached hydrogens (tertiary/aromatic N) is 2. The van der Waals surface area contributed by atoms with E-state index in [1.54, 1.807) is 12.3 Å². The Kier molecular flexibility index (Phi) is 4.93. The Morgan fingerprint density at radius 2 is 1.90 bits per heavy atom. The molecule has 1 aromatic heterocycles. The van der Waals surface area contributed by atoms with E-state index in [-0.39, 0.29) is 11.8 Å². The van der Waals surface area contributed by atoms with Crippen LogP contribution in [-0.2, 0) is 11.3 Å². The second-order valence-corrected chi connectivity index (χ2v) is 7.96. The third-order valence-electron chi connectivity index (χ3n) is 6.02. The summed E-state index contributed by atoms with van der Waals surface area (Å²) in [5.74, 6) is 0.492. The molecule has 1 fully saturated rings. The predicted molar refractivity (Wildman–Crippen MR) is 121 cm³/mol. The SMILES string of the molecule is N#Cc1cccc(-c2ccc(CNC(=O)[C@@H]3C[C@H]3c3ccccc3)c3cnccc23)c1. The molecule has 1 aliphatic rings. The fraction of sp³-hybridized carbons (Fsp3) is 0.148. The molecule has 3 aromatic carbocycles. The molecular weight excluding hydrogens is 382 g/mol. The van der Waals surface area contributed by atoms with E-state index in [4.69, 9.17) is 0 Å². The Hall–Kier alpha value is -3.97. The molecule has 1 amide bonds. The van der Waals surface area contributed by atoms with E-state index in [1.165, 1.54) is 5.56 Å². The largest absolute Gasteiger partial charge is 0.352 e. The monoisotopic (exact) mass is 403 g/mol. The van der Waals surface area contributed by atoms with Gasteiger partial charge in [0.1, 0.15) is 0 Å². The molecule has 2 atom stereocenters. The third-order valence-corrected chi connectivity index (χ3v) is 6.02. The van der Waals surface area contributed by atoms with Gasteiger partial charge in [0.05, 0.1) is 11.6 Å². The standard InChI is InChI=1S/C27H21N3O/c28-15-18-5-4-8-20(13-18)22-10-9-21(26-17-29-12-11-23(22)26)16-30-27(31)25-14-24(25)19-6-2-1-3-7-19/h1-13,17,24-25H,14,16H2,(H,30,31)/t24-,25+/m0/s1. The fourth-order valence-electron chi connectivity index (χ4n) is 4.28. The second-order valence-electron chi connectivity index (χ2n) is 7.96. The molecule has 0 radical (unpaired) electrons. The van der Waals surface area contributed by atoms with Crippen LogP contribution in [0, 0.1) is 17.2 Å². The summed E-state index contributed by atoms with van der Waals surface area (Å²) in [5, 5.41) is 14.4. The summed E-state index contributed by atoms with van der Waals surface area (Å²) in [5.41, 5.74) is 4.95. The van der Waals surface area contributed by atoms with Crippen LogP contribution < -0.4 is 5.32 Å². The lowest BCUT2D eigenvalue weighted by Crippen LogP contribution is -2.25. The van der Waals surface area contributed by atoms with Crippen molar-refractivity contribution in [1.29, 1.82) is 5.26 Å². The first-order valence-electron chi connectivity index (χ1n) is 10.4. The van der Waals surface area contributed by atoms with Crippen molar-refractivity contribution in [2.75, 3.05) is 0 Å². The Morgan fingerprint density at radius 3 is 2.74 bits per heavy atom. The van der Waals surface area contributed by atoms with Crippen LogP contribution in [0.25, 0.3) is 21.9 Å². The van der Waals surface area contributed by atoms with Gasteiger partial charge in [-0.1, -0.05) is 54.6 Å². The van der Waals surface area contributed by atoms with E-state index in [2.05, 4.69) is 34.6 Å². The van der Waals surface area contributed by atoms with Crippen molar-refractivity contribution in [2.24, 2.45) is 5.92 Å². The number of amides is 1. The maximum Gasteiger partial charge on any atom is 0.224 e. The van der Waals surface area contributed by atoms with Gasteiger partial charge in [-0.05, 0) is 58.2 Å². The van der Waals surface area contributed by atoms with Gasteiger partial charge in [-0.15, -0.1) is 0 Å². The minimum atomic E-state index is 0.0554. The first kappa shape index (κ1) is 19.0. The topological polar surface area (TPSA) is 65.8 Å². The molecule has 1 heterocycles. The number of rotatable bonds is 5. The third kappa shape index (κ3) is 3.78. The molecule has 5 rings (SSSR count). The summed E-state index contributed by atoms with van der Waals surface area (Å²) >= 11 is 0. The summed E-state index contributed by atoms with van der Waals surface area (Å²) in [4.78, 5) is 17.0. The van der Waals surface area contributed by atoms with Gasteiger partial charge in [0.2, 0.25) is 5.91 Å². The van der Waals surface area contributed by atoms with Crippen LogP contribution in [0.3, 0.4) is 0 Å². The molecule has 1 N–H and O–H groups in total. The molecule has 0 spiro atoms. The number of fused-ring (bicyclic) bond motifs is 1. The first-order valence-corrected chi connectivity index (χ1v) is 10.4. The number of aromatic nitrogens is 1. The molecule has 0 unspecified atom stereocenters. The predicted octanol–water partition coefficient (Wildman–Crippen LogP) is 5.19. The minimum Gasteiger partial charge on any atom is -0.352 e. The zero-order valence-electron chi connectivity index (χ0n) is 17.0. The Morgan fingerprint density at radius 1 is 1.03 bits per heavy atom. The average Bonchev–Trinajstić information content (AvgIpc) is 3.64. The van der Waals surface area contributed by atoms with Gasteiger partial charge < -0.3 is 5.32 Å². The molecule has 0 saturated heterocycles. The number of hydrogen-bond donors (Lipinski definition) is 1. The van der Waals surface area contributed by atoms with Crippen LogP contribution in [0.15, 0.2) is 85.2 Å². The van der Waals surface area contributed by atoms with E-state index in [9.17, 15) is 10.1 Å². The Labute approximate surface area is 181 Å². The van der Waals surface area contributed by atoms with E-state index >= 15 is 0 Å². The van der Waals surface area contributed by atoms with Gasteiger partial charge >= 0.3 is 0 Å². The quantitative estimate of drug-likeness (QED) is 0.498. The summed E-state index contributed by atoms with van der Waals surface area (Å²) in [7, 11) is 0. The molecule has 4 aromatic rings. The highest BCUT2D eigenvalue weighted by atomic mass is 16.2. The zero-order chi connectivity index (χ0) is 21.2. The van der Waals surface area contributed by atoms with Gasteiger partial charge in [0, 0.05) is 30.2 Å². The van der Waals surface area contributed by atoms with Crippen molar-refractivity contribution in [3.63, 3.8) is 0 Å². The molecule has 31 heavy (non-hydrogen) atoms. The number of carbonyl (C=O) groups excluding carboxylic acids is 1. The number of benzene rings is 3. The van der Waals surface area contributed by atoms with Crippen LogP contribution in [0.2, 0.25) is 0 Å². The van der Waals surface area contributed by atoms with Gasteiger partial charge in [0.25, 0.3) is 0 Å². The van der Waals surface area contributed by atoms with Crippen LogP contribution in [0.4, 0.5) is 0 Å². The lowest BCUT2D eigenvalue weighted by Gasteiger charge is -2.12. The number of pyridine rings is 1. The van der Waals surface area contributed by atoms with Crippen LogP contribution >= 0.6 is 0 Å². The molecule has 4 heteroatoms. The lowest BCUT2D eigenvalue weighted by atomic mass is 9.95. The van der Waals surface area contributed by atoms with Gasteiger partial charge in [-0.25, -0.2) is 0 Å². The van der Waals surface area contributed by atoms with Crippen molar-refractivity contribution in [3.05, 3.63) is 102 Å². The lowest BCUT2D eigenvalue weighted by molar-refractivity contribution is -0.122.